The van der Waals surface area contributed by atoms with Crippen molar-refractivity contribution in [3.63, 3.8) is 0 Å². The fraction of sp³-hybridized carbons (Fsp3) is 0.364. The molecule has 0 unspecified atom stereocenters. The highest BCUT2D eigenvalue weighted by atomic mass is 35.5. The standard InChI is InChI=1S/C11H10ClN3O2/c12-8-3-6(5-1-2-5)9-10(13-8)7(4-16)14-15-11(9)17/h3,5,16H,1-2,4H2,(H,15,17). The monoisotopic (exact) mass is 251 g/mol. The van der Waals surface area contributed by atoms with Crippen LogP contribution in [0.15, 0.2) is 10.9 Å². The van der Waals surface area contributed by atoms with Crippen LogP contribution in [0, 0.1) is 0 Å². The number of hydrogen-bond acceptors (Lipinski definition) is 4. The van der Waals surface area contributed by atoms with Crippen molar-refractivity contribution in [2.24, 2.45) is 0 Å². The van der Waals surface area contributed by atoms with Gasteiger partial charge in [-0.05, 0) is 30.4 Å². The Morgan fingerprint density at radius 2 is 2.29 bits per heavy atom. The van der Waals surface area contributed by atoms with Crippen molar-refractivity contribution < 1.29 is 5.11 Å². The summed E-state index contributed by atoms with van der Waals surface area (Å²) in [6, 6.07) is 1.73. The highest BCUT2D eigenvalue weighted by molar-refractivity contribution is 6.30. The molecule has 3 rings (SSSR count). The van der Waals surface area contributed by atoms with Crippen LogP contribution in [0.1, 0.15) is 30.0 Å². The van der Waals surface area contributed by atoms with Gasteiger partial charge in [-0.3, -0.25) is 4.79 Å². The van der Waals surface area contributed by atoms with Crippen LogP contribution in [0.4, 0.5) is 0 Å². The number of hydrogen-bond donors (Lipinski definition) is 2. The Hall–Kier alpha value is -1.46. The molecule has 2 aromatic rings. The van der Waals surface area contributed by atoms with Crippen molar-refractivity contribution in [3.05, 3.63) is 32.8 Å². The highest BCUT2D eigenvalue weighted by Gasteiger charge is 2.28. The predicted octanol–water partition coefficient (Wildman–Crippen LogP) is 1.34. The minimum absolute atomic E-state index is 0.273. The Bertz CT molecular complexity index is 649. The average Bonchev–Trinajstić information content (AvgIpc) is 3.12. The second-order valence-corrected chi connectivity index (χ2v) is 4.58. The highest BCUT2D eigenvalue weighted by Crippen LogP contribution is 2.42. The number of pyridine rings is 1. The second-order valence-electron chi connectivity index (χ2n) is 4.19. The molecule has 2 aromatic heterocycles. The zero-order valence-corrected chi connectivity index (χ0v) is 9.66. The van der Waals surface area contributed by atoms with E-state index in [1.165, 1.54) is 0 Å². The lowest BCUT2D eigenvalue weighted by Crippen LogP contribution is -2.14. The summed E-state index contributed by atoms with van der Waals surface area (Å²) >= 11 is 5.94. The number of rotatable bonds is 2. The van der Waals surface area contributed by atoms with Crippen LogP contribution < -0.4 is 5.56 Å². The molecule has 0 aliphatic heterocycles. The van der Waals surface area contributed by atoms with Gasteiger partial charge in [0.1, 0.15) is 16.4 Å². The third-order valence-corrected chi connectivity index (χ3v) is 3.17. The summed E-state index contributed by atoms with van der Waals surface area (Å²) in [5.41, 5.74) is 1.40. The summed E-state index contributed by atoms with van der Waals surface area (Å²) < 4.78 is 0. The van der Waals surface area contributed by atoms with Gasteiger partial charge < -0.3 is 5.11 Å². The molecule has 88 valence electrons. The van der Waals surface area contributed by atoms with Crippen molar-refractivity contribution in [1.29, 1.82) is 0 Å². The van der Waals surface area contributed by atoms with Crippen molar-refractivity contribution in [3.8, 4) is 0 Å². The van der Waals surface area contributed by atoms with Crippen molar-refractivity contribution >= 4 is 22.5 Å². The molecule has 0 atom stereocenters. The molecule has 5 nitrogen and oxygen atoms in total. The summed E-state index contributed by atoms with van der Waals surface area (Å²) in [6.07, 6.45) is 2.12. The number of halogens is 1. The maximum Gasteiger partial charge on any atom is 0.273 e. The van der Waals surface area contributed by atoms with Gasteiger partial charge in [-0.25, -0.2) is 10.1 Å². The Kier molecular flexibility index (Phi) is 2.38. The van der Waals surface area contributed by atoms with Gasteiger partial charge in [0.2, 0.25) is 0 Å². The minimum atomic E-state index is -0.275. The molecule has 6 heteroatoms. The van der Waals surface area contributed by atoms with Gasteiger partial charge in [0.15, 0.2) is 0 Å². The van der Waals surface area contributed by atoms with Gasteiger partial charge >= 0.3 is 0 Å². The van der Waals surface area contributed by atoms with Crippen molar-refractivity contribution in [2.75, 3.05) is 0 Å². The summed E-state index contributed by atoms with van der Waals surface area (Å²) in [5, 5.41) is 16.2. The molecule has 2 heterocycles. The Morgan fingerprint density at radius 1 is 1.53 bits per heavy atom. The van der Waals surface area contributed by atoms with Gasteiger partial charge in [-0.15, -0.1) is 0 Å². The molecule has 1 aliphatic carbocycles. The van der Waals surface area contributed by atoms with Crippen LogP contribution in [-0.2, 0) is 6.61 Å². The van der Waals surface area contributed by atoms with Crippen LogP contribution in [0.25, 0.3) is 10.9 Å². The minimum Gasteiger partial charge on any atom is -0.390 e. The number of fused-ring (bicyclic) bond motifs is 1. The van der Waals surface area contributed by atoms with Crippen molar-refractivity contribution in [2.45, 2.75) is 25.4 Å². The summed E-state index contributed by atoms with van der Waals surface area (Å²) in [4.78, 5) is 15.9. The molecular formula is C11H10ClN3O2. The average molecular weight is 252 g/mol. The van der Waals surface area contributed by atoms with Crippen LogP contribution >= 0.6 is 11.6 Å². The second kappa shape index (κ2) is 3.78. The molecular weight excluding hydrogens is 242 g/mol. The SMILES string of the molecule is O=c1[nH]nc(CO)c2nc(Cl)cc(C3CC3)c12. The zero-order chi connectivity index (χ0) is 12.0. The molecule has 1 fully saturated rings. The molecule has 0 amide bonds. The normalized spacial score (nSPS) is 15.4. The molecule has 17 heavy (non-hydrogen) atoms. The largest absolute Gasteiger partial charge is 0.390 e. The zero-order valence-electron chi connectivity index (χ0n) is 8.90. The van der Waals surface area contributed by atoms with Gasteiger partial charge in [0.05, 0.1) is 12.0 Å². The van der Waals surface area contributed by atoms with Crippen LogP contribution in [0.2, 0.25) is 5.15 Å². The van der Waals surface area contributed by atoms with E-state index in [-0.39, 0.29) is 12.2 Å². The van der Waals surface area contributed by atoms with Crippen LogP contribution in [-0.4, -0.2) is 20.3 Å². The number of aliphatic hydroxyl groups excluding tert-OH is 1. The molecule has 0 saturated heterocycles. The molecule has 0 aromatic carbocycles. The van der Waals surface area contributed by atoms with Gasteiger partial charge in [-0.1, -0.05) is 11.6 Å². The van der Waals surface area contributed by atoms with E-state index in [1.807, 2.05) is 0 Å². The maximum absolute atomic E-state index is 11.8. The predicted molar refractivity (Wildman–Crippen MR) is 63.1 cm³/mol. The first-order chi connectivity index (χ1) is 8.20. The molecule has 2 N–H and O–H groups in total. The summed E-state index contributed by atoms with van der Waals surface area (Å²) in [6.45, 7) is -0.273. The first-order valence-corrected chi connectivity index (χ1v) is 5.77. The quantitative estimate of drug-likeness (QED) is 0.790. The number of nitrogens with zero attached hydrogens (tertiary/aromatic N) is 2. The van der Waals surface area contributed by atoms with E-state index in [0.29, 0.717) is 27.7 Å². The van der Waals surface area contributed by atoms with E-state index in [9.17, 15) is 9.90 Å². The molecule has 0 spiro atoms. The van der Waals surface area contributed by atoms with E-state index in [1.54, 1.807) is 6.07 Å². The maximum atomic E-state index is 11.8. The Morgan fingerprint density at radius 3 is 2.94 bits per heavy atom. The number of nitrogens with one attached hydrogen (secondary N) is 1. The lowest BCUT2D eigenvalue weighted by Gasteiger charge is -2.06. The number of aromatic amines is 1. The molecule has 0 radical (unpaired) electrons. The fourth-order valence-corrected chi connectivity index (χ4v) is 2.24. The molecule has 1 saturated carbocycles. The fourth-order valence-electron chi connectivity index (χ4n) is 2.03. The first-order valence-electron chi connectivity index (χ1n) is 5.39. The van der Waals surface area contributed by atoms with E-state index in [0.717, 1.165) is 18.4 Å². The Balaban J connectivity index is 2.44. The van der Waals surface area contributed by atoms with Crippen LogP contribution in [0.5, 0.6) is 0 Å². The van der Waals surface area contributed by atoms with Gasteiger partial charge in [-0.2, -0.15) is 5.10 Å². The topological polar surface area (TPSA) is 78.9 Å². The first kappa shape index (κ1) is 10.7. The van der Waals surface area contributed by atoms with Gasteiger partial charge in [0, 0.05) is 0 Å². The third-order valence-electron chi connectivity index (χ3n) is 2.98. The number of H-pyrrole nitrogens is 1. The molecule has 0 bridgehead atoms. The summed E-state index contributed by atoms with van der Waals surface area (Å²) in [7, 11) is 0. The lowest BCUT2D eigenvalue weighted by atomic mass is 10.1. The number of aromatic nitrogens is 3. The third kappa shape index (κ3) is 1.71. The van der Waals surface area contributed by atoms with E-state index in [2.05, 4.69) is 15.2 Å². The van der Waals surface area contributed by atoms with Gasteiger partial charge in [0.25, 0.3) is 5.56 Å². The molecule has 1 aliphatic rings. The van der Waals surface area contributed by atoms with Crippen molar-refractivity contribution in [1.82, 2.24) is 15.2 Å². The van der Waals surface area contributed by atoms with E-state index in [4.69, 9.17) is 11.6 Å². The van der Waals surface area contributed by atoms with E-state index >= 15 is 0 Å². The lowest BCUT2D eigenvalue weighted by molar-refractivity contribution is 0.277. The number of aliphatic hydroxyl groups is 1. The van der Waals surface area contributed by atoms with E-state index < -0.39 is 0 Å². The summed E-state index contributed by atoms with van der Waals surface area (Å²) in [5.74, 6) is 0.382. The Labute approximate surface area is 101 Å². The van der Waals surface area contributed by atoms with Crippen LogP contribution in [0.3, 0.4) is 0 Å². The smallest absolute Gasteiger partial charge is 0.273 e.